The Morgan fingerprint density at radius 3 is 2.18 bits per heavy atom. The molecule has 3 nitrogen and oxygen atoms in total. The Balaban J connectivity index is 2.35. The summed E-state index contributed by atoms with van der Waals surface area (Å²) in [7, 11) is 0. The van der Waals surface area contributed by atoms with E-state index < -0.39 is 12.0 Å². The minimum Gasteiger partial charge on any atom is -0.494 e. The lowest BCUT2D eigenvalue weighted by Crippen LogP contribution is -2.07. The maximum absolute atomic E-state index is 11.5. The van der Waals surface area contributed by atoms with Gasteiger partial charge >= 0.3 is 12.0 Å². The van der Waals surface area contributed by atoms with E-state index in [1.165, 1.54) is 0 Å². The molecule has 1 N–H and O–H groups in total. The van der Waals surface area contributed by atoms with Crippen molar-refractivity contribution >= 4 is 51.3 Å². The molecule has 0 fully saturated rings. The summed E-state index contributed by atoms with van der Waals surface area (Å²) in [6, 6.07) is 5.82. The zero-order valence-corrected chi connectivity index (χ0v) is 19.8. The lowest BCUT2D eigenvalue weighted by Gasteiger charge is -2.07. The quantitative estimate of drug-likeness (QED) is 0.125. The summed E-state index contributed by atoms with van der Waals surface area (Å²) in [5, 5.41) is 9.45. The molecule has 0 bridgehead atoms. The van der Waals surface area contributed by atoms with Crippen molar-refractivity contribution in [3.8, 4) is 5.75 Å². The topological polar surface area (TPSA) is 46.5 Å². The first-order valence-electron chi connectivity index (χ1n) is 10.1. The molecule has 0 aliphatic heterocycles. The Labute approximate surface area is 184 Å². The maximum atomic E-state index is 11.5. The fraction of sp³-hybridized carbons (Fsp3) is 0.571. The minimum atomic E-state index is -2.47. The Morgan fingerprint density at radius 1 is 1.00 bits per heavy atom. The van der Waals surface area contributed by atoms with E-state index >= 15 is 0 Å². The molecule has 0 aliphatic carbocycles. The van der Waals surface area contributed by atoms with Crippen LogP contribution in [0.3, 0.4) is 0 Å². The minimum absolute atomic E-state index is 0.446. The second-order valence-corrected chi connectivity index (χ2v) is 16.3. The van der Waals surface area contributed by atoms with Crippen LogP contribution in [0.4, 0.5) is 0 Å². The Bertz CT molecular complexity index is 598. The number of aliphatic carboxylic acids is 1. The molecule has 0 heterocycles. The predicted octanol–water partition coefficient (Wildman–Crippen LogP) is 7.72. The standard InChI is InChI=1S/C21H31Cl3O3Si/c1-2-3-15-27-20-13-11-18(12-14-20)17-19(21(25)26)10-8-6-4-5-7-9-16-28(22,23)24/h11-14,17H,2-10,15-16H2,1H3,(H,25,26)/b19-17+. The number of carbonyl (C=O) groups is 1. The van der Waals surface area contributed by atoms with Crippen LogP contribution >= 0.6 is 33.2 Å². The highest BCUT2D eigenvalue weighted by Crippen LogP contribution is 2.27. The van der Waals surface area contributed by atoms with Crippen LogP contribution in [-0.4, -0.2) is 23.7 Å². The molecule has 7 heteroatoms. The van der Waals surface area contributed by atoms with Crippen molar-refractivity contribution in [1.29, 1.82) is 0 Å². The smallest absolute Gasteiger partial charge is 0.341 e. The number of halogens is 3. The summed E-state index contributed by atoms with van der Waals surface area (Å²) in [4.78, 5) is 11.5. The summed E-state index contributed by atoms with van der Waals surface area (Å²) in [5.41, 5.74) is 1.33. The van der Waals surface area contributed by atoms with Crippen LogP contribution < -0.4 is 4.74 Å². The average Bonchev–Trinajstić information content (AvgIpc) is 2.63. The maximum Gasteiger partial charge on any atom is 0.341 e. The van der Waals surface area contributed by atoms with E-state index in [0.29, 0.717) is 24.6 Å². The zero-order valence-electron chi connectivity index (χ0n) is 16.6. The number of hydrogen-bond acceptors (Lipinski definition) is 2. The van der Waals surface area contributed by atoms with Crippen LogP contribution in [0.15, 0.2) is 29.8 Å². The average molecular weight is 466 g/mol. The molecule has 0 radical (unpaired) electrons. The largest absolute Gasteiger partial charge is 0.494 e. The van der Waals surface area contributed by atoms with Gasteiger partial charge in [-0.1, -0.05) is 57.6 Å². The fourth-order valence-corrected chi connectivity index (χ4v) is 4.64. The molecule has 158 valence electrons. The van der Waals surface area contributed by atoms with Crippen LogP contribution in [0.1, 0.15) is 70.3 Å². The first-order chi connectivity index (χ1) is 13.3. The number of unbranched alkanes of at least 4 members (excludes halogenated alkanes) is 6. The summed E-state index contributed by atoms with van der Waals surface area (Å²) < 4.78 is 5.64. The lowest BCUT2D eigenvalue weighted by molar-refractivity contribution is -0.132. The molecular formula is C21H31Cl3O3Si. The number of benzene rings is 1. The molecule has 1 aromatic rings. The molecule has 0 atom stereocenters. The van der Waals surface area contributed by atoms with E-state index in [-0.39, 0.29) is 0 Å². The molecule has 0 saturated heterocycles. The van der Waals surface area contributed by atoms with Gasteiger partial charge in [0.1, 0.15) is 5.75 Å². The summed E-state index contributed by atoms with van der Waals surface area (Å²) in [5.74, 6) is -0.0317. The number of carboxylic acid groups (broad SMARTS) is 1. The van der Waals surface area contributed by atoms with Crippen molar-refractivity contribution in [2.75, 3.05) is 6.61 Å². The lowest BCUT2D eigenvalue weighted by atomic mass is 10.0. The molecule has 0 aromatic heterocycles. The first kappa shape index (κ1) is 25.4. The molecule has 0 spiro atoms. The van der Waals surface area contributed by atoms with E-state index in [4.69, 9.17) is 38.0 Å². The number of hydrogen-bond donors (Lipinski definition) is 1. The van der Waals surface area contributed by atoms with Gasteiger partial charge in [-0.15, -0.1) is 33.2 Å². The summed E-state index contributed by atoms with van der Waals surface area (Å²) >= 11 is 17.6. The summed E-state index contributed by atoms with van der Waals surface area (Å²) in [6.45, 7) is 2.83. The third-order valence-corrected chi connectivity index (χ3v) is 7.04. The molecule has 1 rings (SSSR count). The third kappa shape index (κ3) is 12.7. The Morgan fingerprint density at radius 2 is 1.61 bits per heavy atom. The summed E-state index contributed by atoms with van der Waals surface area (Å²) in [6.07, 6.45) is 10.5. The number of carboxylic acids is 1. The van der Waals surface area contributed by atoms with Crippen molar-refractivity contribution in [2.24, 2.45) is 0 Å². The van der Waals surface area contributed by atoms with Gasteiger partial charge in [0.25, 0.3) is 0 Å². The van der Waals surface area contributed by atoms with Gasteiger partial charge in [-0.2, -0.15) is 0 Å². The molecule has 0 saturated carbocycles. The van der Waals surface area contributed by atoms with Gasteiger partial charge in [0.2, 0.25) is 0 Å². The van der Waals surface area contributed by atoms with Crippen molar-refractivity contribution in [3.63, 3.8) is 0 Å². The molecule has 0 unspecified atom stereocenters. The second-order valence-electron chi connectivity index (χ2n) is 6.98. The van der Waals surface area contributed by atoms with E-state index in [0.717, 1.165) is 62.7 Å². The highest BCUT2D eigenvalue weighted by molar-refractivity contribution is 7.64. The first-order valence-corrected chi connectivity index (χ1v) is 15.3. The van der Waals surface area contributed by atoms with Gasteiger partial charge in [0.05, 0.1) is 6.61 Å². The van der Waals surface area contributed by atoms with Gasteiger partial charge in [0, 0.05) is 5.57 Å². The predicted molar refractivity (Wildman–Crippen MR) is 123 cm³/mol. The highest BCUT2D eigenvalue weighted by Gasteiger charge is 2.23. The molecule has 1 aromatic carbocycles. The normalized spacial score (nSPS) is 12.2. The molecule has 28 heavy (non-hydrogen) atoms. The van der Waals surface area contributed by atoms with E-state index in [9.17, 15) is 9.90 Å². The van der Waals surface area contributed by atoms with Crippen LogP contribution in [0.25, 0.3) is 6.08 Å². The molecular weight excluding hydrogens is 435 g/mol. The Hall–Kier alpha value is -0.683. The van der Waals surface area contributed by atoms with Gasteiger partial charge < -0.3 is 9.84 Å². The van der Waals surface area contributed by atoms with Gasteiger partial charge in [-0.3, -0.25) is 0 Å². The van der Waals surface area contributed by atoms with Gasteiger partial charge in [0.15, 0.2) is 0 Å². The monoisotopic (exact) mass is 464 g/mol. The van der Waals surface area contributed by atoms with Crippen LogP contribution in [0.2, 0.25) is 6.04 Å². The van der Waals surface area contributed by atoms with Crippen molar-refractivity contribution in [3.05, 3.63) is 35.4 Å². The van der Waals surface area contributed by atoms with Gasteiger partial charge in [-0.25, -0.2) is 4.79 Å². The van der Waals surface area contributed by atoms with Gasteiger partial charge in [-0.05, 0) is 49.1 Å². The zero-order chi connectivity index (χ0) is 20.8. The van der Waals surface area contributed by atoms with Crippen LogP contribution in [-0.2, 0) is 4.79 Å². The fourth-order valence-electron chi connectivity index (χ4n) is 2.78. The van der Waals surface area contributed by atoms with Crippen molar-refractivity contribution in [2.45, 2.75) is 70.8 Å². The van der Waals surface area contributed by atoms with Crippen LogP contribution in [0, 0.1) is 0 Å². The number of ether oxygens (including phenoxy) is 1. The van der Waals surface area contributed by atoms with E-state index in [2.05, 4.69) is 6.92 Å². The highest BCUT2D eigenvalue weighted by atomic mass is 35.8. The third-order valence-electron chi connectivity index (χ3n) is 4.42. The number of rotatable bonds is 15. The second kappa shape index (κ2) is 14.3. The van der Waals surface area contributed by atoms with Crippen molar-refractivity contribution in [1.82, 2.24) is 0 Å². The van der Waals surface area contributed by atoms with Crippen LogP contribution in [0.5, 0.6) is 5.75 Å². The van der Waals surface area contributed by atoms with E-state index in [1.807, 2.05) is 24.3 Å². The molecule has 0 amide bonds. The van der Waals surface area contributed by atoms with Crippen molar-refractivity contribution < 1.29 is 14.6 Å². The van der Waals surface area contributed by atoms with E-state index in [1.54, 1.807) is 6.08 Å². The SMILES string of the molecule is CCCCOc1ccc(/C=C(\CCCCCCCC[Si](Cl)(Cl)Cl)C(=O)O)cc1. The Kier molecular flexibility index (Phi) is 13.0. The molecule has 0 aliphatic rings.